The fourth-order valence-electron chi connectivity index (χ4n) is 1.65. The van der Waals surface area contributed by atoms with Gasteiger partial charge in [-0.3, -0.25) is 0 Å². The molecule has 1 nitrogen and oxygen atoms in total. The summed E-state index contributed by atoms with van der Waals surface area (Å²) in [6.07, 6.45) is 2.62. The second kappa shape index (κ2) is 8.48. The third-order valence-electron chi connectivity index (χ3n) is 2.61. The zero-order valence-electron chi connectivity index (χ0n) is 10.5. The lowest BCUT2D eigenvalue weighted by molar-refractivity contribution is 0.0665. The Kier molecular flexibility index (Phi) is 7.71. The normalized spacial score (nSPS) is 13.0. The highest BCUT2D eigenvalue weighted by Gasteiger charge is 2.10. The van der Waals surface area contributed by atoms with E-state index in [1.807, 2.05) is 6.07 Å². The minimum absolute atomic E-state index is 0.222. The lowest BCUT2D eigenvalue weighted by atomic mass is 10.1. The van der Waals surface area contributed by atoms with Gasteiger partial charge in [0, 0.05) is 15.5 Å². The van der Waals surface area contributed by atoms with E-state index in [4.69, 9.17) is 4.74 Å². The molecule has 3 heteroatoms. The molecular weight excluding hydrogens is 391 g/mol. The third kappa shape index (κ3) is 6.20. The molecule has 0 aromatic heterocycles. The summed E-state index contributed by atoms with van der Waals surface area (Å²) >= 11 is 5.89. The molecule has 1 unspecified atom stereocenters. The summed E-state index contributed by atoms with van der Waals surface area (Å²) in [5, 5.41) is 0. The highest BCUT2D eigenvalue weighted by molar-refractivity contribution is 14.1. The lowest BCUT2D eigenvalue weighted by Crippen LogP contribution is -2.07. The van der Waals surface area contributed by atoms with Crippen molar-refractivity contribution in [3.63, 3.8) is 0 Å². The zero-order valence-corrected chi connectivity index (χ0v) is 14.2. The topological polar surface area (TPSA) is 9.23 Å². The van der Waals surface area contributed by atoms with Gasteiger partial charge in [0.15, 0.2) is 0 Å². The van der Waals surface area contributed by atoms with Crippen molar-refractivity contribution in [2.75, 3.05) is 11.0 Å². The van der Waals surface area contributed by atoms with Crippen LogP contribution in [0.1, 0.15) is 38.4 Å². The number of halogens is 2. The smallest absolute Gasteiger partial charge is 0.0914 e. The van der Waals surface area contributed by atoms with Crippen LogP contribution < -0.4 is 0 Å². The van der Waals surface area contributed by atoms with Crippen molar-refractivity contribution in [3.8, 4) is 0 Å². The average molecular weight is 411 g/mol. The fraction of sp³-hybridized carbons (Fsp3) is 0.571. The van der Waals surface area contributed by atoms with Crippen LogP contribution >= 0.6 is 38.5 Å². The molecule has 0 heterocycles. The Morgan fingerprint density at radius 3 is 2.71 bits per heavy atom. The van der Waals surface area contributed by atoms with E-state index >= 15 is 0 Å². The second-order valence-corrected chi connectivity index (χ2v) is 6.40. The van der Waals surface area contributed by atoms with E-state index in [1.54, 1.807) is 0 Å². The van der Waals surface area contributed by atoms with Crippen molar-refractivity contribution in [1.29, 1.82) is 0 Å². The minimum atomic E-state index is 0.222. The van der Waals surface area contributed by atoms with E-state index in [0.29, 0.717) is 0 Å². The van der Waals surface area contributed by atoms with Gasteiger partial charge in [-0.15, -0.1) is 0 Å². The number of hydrogen-bond donors (Lipinski definition) is 0. The molecule has 1 atom stereocenters. The molecule has 17 heavy (non-hydrogen) atoms. The van der Waals surface area contributed by atoms with Crippen molar-refractivity contribution in [1.82, 2.24) is 0 Å². The predicted molar refractivity (Wildman–Crippen MR) is 85.8 cm³/mol. The van der Waals surface area contributed by atoms with Gasteiger partial charge < -0.3 is 4.74 Å². The first kappa shape index (κ1) is 15.4. The molecule has 0 aliphatic heterocycles. The van der Waals surface area contributed by atoms with Crippen LogP contribution in [0.25, 0.3) is 0 Å². The Balaban J connectivity index is 2.43. The largest absolute Gasteiger partial charge is 0.373 e. The summed E-state index contributed by atoms with van der Waals surface area (Å²) in [4.78, 5) is 0. The number of hydrogen-bond acceptors (Lipinski definition) is 1. The molecule has 0 fully saturated rings. The van der Waals surface area contributed by atoms with Gasteiger partial charge in [-0.1, -0.05) is 64.5 Å². The number of ether oxygens (including phenoxy) is 1. The van der Waals surface area contributed by atoms with E-state index in [0.717, 1.165) is 27.8 Å². The van der Waals surface area contributed by atoms with Crippen molar-refractivity contribution in [3.05, 3.63) is 34.3 Å². The standard InChI is InChI=1S/C14H20BrIO/c1-11(2)5-4-8-17-14(10-16)12-6-3-7-13(15)9-12/h3,6-7,9,11,14H,4-5,8,10H2,1-2H3. The highest BCUT2D eigenvalue weighted by atomic mass is 127. The van der Waals surface area contributed by atoms with Gasteiger partial charge in [0.1, 0.15) is 0 Å². The molecule has 0 aliphatic carbocycles. The number of benzene rings is 1. The number of rotatable bonds is 7. The Labute approximate surface area is 127 Å². The van der Waals surface area contributed by atoms with Crippen molar-refractivity contribution in [2.45, 2.75) is 32.8 Å². The van der Waals surface area contributed by atoms with Crippen LogP contribution in [0.2, 0.25) is 0 Å². The summed E-state index contributed by atoms with van der Waals surface area (Å²) in [5.41, 5.74) is 1.26. The maximum atomic E-state index is 5.95. The van der Waals surface area contributed by atoms with E-state index in [-0.39, 0.29) is 6.10 Å². The zero-order chi connectivity index (χ0) is 12.7. The lowest BCUT2D eigenvalue weighted by Gasteiger charge is -2.16. The van der Waals surface area contributed by atoms with E-state index < -0.39 is 0 Å². The Morgan fingerprint density at radius 1 is 1.35 bits per heavy atom. The SMILES string of the molecule is CC(C)CCCOC(CI)c1cccc(Br)c1. The molecular formula is C14H20BrIO. The van der Waals surface area contributed by atoms with Gasteiger partial charge >= 0.3 is 0 Å². The molecule has 1 rings (SSSR count). The first-order valence-corrected chi connectivity index (χ1v) is 8.38. The first-order chi connectivity index (χ1) is 8.13. The molecule has 0 N–H and O–H groups in total. The van der Waals surface area contributed by atoms with Crippen LogP contribution in [0.4, 0.5) is 0 Å². The van der Waals surface area contributed by atoms with E-state index in [2.05, 4.69) is 70.6 Å². The Bertz CT molecular complexity index is 328. The summed E-state index contributed by atoms with van der Waals surface area (Å²) in [6, 6.07) is 8.39. The summed E-state index contributed by atoms with van der Waals surface area (Å²) in [6.45, 7) is 5.37. The van der Waals surface area contributed by atoms with Crippen LogP contribution in [0.15, 0.2) is 28.7 Å². The third-order valence-corrected chi connectivity index (χ3v) is 3.90. The summed E-state index contributed by atoms with van der Waals surface area (Å²) in [7, 11) is 0. The number of alkyl halides is 1. The molecule has 0 saturated carbocycles. The van der Waals surface area contributed by atoms with E-state index in [9.17, 15) is 0 Å². The molecule has 1 aromatic rings. The molecule has 1 aromatic carbocycles. The van der Waals surface area contributed by atoms with Crippen molar-refractivity contribution >= 4 is 38.5 Å². The average Bonchev–Trinajstić information content (AvgIpc) is 2.29. The molecule has 0 amide bonds. The maximum absolute atomic E-state index is 5.95. The van der Waals surface area contributed by atoms with E-state index in [1.165, 1.54) is 12.0 Å². The second-order valence-electron chi connectivity index (χ2n) is 4.60. The molecule has 0 aliphatic rings. The van der Waals surface area contributed by atoms with Crippen molar-refractivity contribution < 1.29 is 4.74 Å². The summed E-state index contributed by atoms with van der Waals surface area (Å²) in [5.74, 6) is 0.766. The van der Waals surface area contributed by atoms with Crippen LogP contribution in [0, 0.1) is 5.92 Å². The van der Waals surface area contributed by atoms with Gasteiger partial charge in [-0.2, -0.15) is 0 Å². The monoisotopic (exact) mass is 410 g/mol. The van der Waals surface area contributed by atoms with Crippen LogP contribution in [0.3, 0.4) is 0 Å². The molecule has 0 bridgehead atoms. The summed E-state index contributed by atoms with van der Waals surface area (Å²) < 4.78 is 8.07. The Morgan fingerprint density at radius 2 is 2.12 bits per heavy atom. The fourth-order valence-corrected chi connectivity index (χ4v) is 2.83. The van der Waals surface area contributed by atoms with Crippen LogP contribution in [-0.4, -0.2) is 11.0 Å². The highest BCUT2D eigenvalue weighted by Crippen LogP contribution is 2.23. The minimum Gasteiger partial charge on any atom is -0.373 e. The van der Waals surface area contributed by atoms with Crippen molar-refractivity contribution in [2.24, 2.45) is 5.92 Å². The predicted octanol–water partition coefficient (Wildman–Crippen LogP) is 5.38. The molecule has 0 spiro atoms. The van der Waals surface area contributed by atoms with Gasteiger partial charge in [0.05, 0.1) is 6.10 Å². The van der Waals surface area contributed by atoms with Crippen LogP contribution in [0.5, 0.6) is 0 Å². The molecule has 0 radical (unpaired) electrons. The van der Waals surface area contributed by atoms with Gasteiger partial charge in [0.2, 0.25) is 0 Å². The van der Waals surface area contributed by atoms with Gasteiger partial charge in [-0.05, 0) is 36.5 Å². The van der Waals surface area contributed by atoms with Gasteiger partial charge in [0.25, 0.3) is 0 Å². The Hall–Kier alpha value is 0.390. The van der Waals surface area contributed by atoms with Gasteiger partial charge in [-0.25, -0.2) is 0 Å². The molecule has 96 valence electrons. The molecule has 0 saturated heterocycles. The first-order valence-electron chi connectivity index (χ1n) is 6.06. The quantitative estimate of drug-likeness (QED) is 0.333. The van der Waals surface area contributed by atoms with Crippen LogP contribution in [-0.2, 0) is 4.74 Å². The maximum Gasteiger partial charge on any atom is 0.0914 e.